The third-order valence-electron chi connectivity index (χ3n) is 1.97. The lowest BCUT2D eigenvalue weighted by Crippen LogP contribution is -2.16. The van der Waals surface area contributed by atoms with E-state index in [1.165, 1.54) is 0 Å². The number of carbonyl (C=O) groups excluding carboxylic acids is 1. The Morgan fingerprint density at radius 3 is 2.80 bits per heavy atom. The summed E-state index contributed by atoms with van der Waals surface area (Å²) in [4.78, 5) is 10.5. The molecule has 0 aliphatic carbocycles. The Balaban J connectivity index is 2.70. The van der Waals surface area contributed by atoms with E-state index in [0.29, 0.717) is 18.8 Å². The van der Waals surface area contributed by atoms with Crippen molar-refractivity contribution < 1.29 is 14.3 Å². The summed E-state index contributed by atoms with van der Waals surface area (Å²) in [6.07, 6.45) is 0.950. The Hall–Kier alpha value is -1.35. The molecule has 0 aliphatic rings. The molecule has 1 aromatic rings. The lowest BCUT2D eigenvalue weighted by Gasteiger charge is -2.16. The van der Waals surface area contributed by atoms with Crippen LogP contribution in [0.15, 0.2) is 24.3 Å². The van der Waals surface area contributed by atoms with Crippen LogP contribution in [0.2, 0.25) is 0 Å². The zero-order valence-electron chi connectivity index (χ0n) is 9.10. The van der Waals surface area contributed by atoms with Crippen molar-refractivity contribution in [3.63, 3.8) is 0 Å². The van der Waals surface area contributed by atoms with Crippen LogP contribution in [0.5, 0.6) is 5.75 Å². The number of carbonyl (C=O) groups is 1. The van der Waals surface area contributed by atoms with Crippen LogP contribution in [0.25, 0.3) is 0 Å². The minimum Gasteiger partial charge on any atom is -0.465 e. The molecule has 0 aromatic heterocycles. The number of rotatable bonds is 6. The summed E-state index contributed by atoms with van der Waals surface area (Å²) in [7, 11) is 0. The summed E-state index contributed by atoms with van der Waals surface area (Å²) in [5.74, 6) is 0.713. The summed E-state index contributed by atoms with van der Waals surface area (Å²) >= 11 is 0. The van der Waals surface area contributed by atoms with Gasteiger partial charge in [0, 0.05) is 18.6 Å². The van der Waals surface area contributed by atoms with Crippen LogP contribution in [-0.2, 0) is 16.0 Å². The van der Waals surface area contributed by atoms with Gasteiger partial charge in [-0.25, -0.2) is 0 Å². The van der Waals surface area contributed by atoms with Crippen LogP contribution in [0.4, 0.5) is 0 Å². The molecular formula is C12H16O3. The molecule has 0 bridgehead atoms. The third-order valence-corrected chi connectivity index (χ3v) is 1.97. The first-order chi connectivity index (χ1) is 7.27. The van der Waals surface area contributed by atoms with Crippen molar-refractivity contribution >= 4 is 6.29 Å². The average molecular weight is 208 g/mol. The van der Waals surface area contributed by atoms with Gasteiger partial charge >= 0.3 is 0 Å². The van der Waals surface area contributed by atoms with Gasteiger partial charge in [-0.15, -0.1) is 0 Å². The summed E-state index contributed by atoms with van der Waals surface area (Å²) < 4.78 is 10.8. The molecule has 0 saturated carbocycles. The number of hydrogen-bond donors (Lipinski definition) is 0. The first-order valence-corrected chi connectivity index (χ1v) is 5.07. The SMILES string of the molecule is CCOC(C)Oc1ccccc1CC=O. The highest BCUT2D eigenvalue weighted by Crippen LogP contribution is 2.19. The van der Waals surface area contributed by atoms with Gasteiger partial charge in [0.2, 0.25) is 0 Å². The Morgan fingerprint density at radius 2 is 2.13 bits per heavy atom. The van der Waals surface area contributed by atoms with Crippen LogP contribution >= 0.6 is 0 Å². The molecule has 3 heteroatoms. The van der Waals surface area contributed by atoms with E-state index >= 15 is 0 Å². The van der Waals surface area contributed by atoms with Gasteiger partial charge in [0.1, 0.15) is 12.0 Å². The second kappa shape index (κ2) is 6.19. The summed E-state index contributed by atoms with van der Waals surface area (Å²) in [6.45, 7) is 4.36. The summed E-state index contributed by atoms with van der Waals surface area (Å²) in [5, 5.41) is 0. The molecule has 0 N–H and O–H groups in total. The van der Waals surface area contributed by atoms with Crippen LogP contribution in [0, 0.1) is 0 Å². The largest absolute Gasteiger partial charge is 0.465 e. The van der Waals surface area contributed by atoms with Crippen molar-refractivity contribution in [3.05, 3.63) is 29.8 Å². The Morgan fingerprint density at radius 1 is 1.40 bits per heavy atom. The maximum absolute atomic E-state index is 10.5. The van der Waals surface area contributed by atoms with Gasteiger partial charge in [0.25, 0.3) is 0 Å². The molecule has 1 rings (SSSR count). The van der Waals surface area contributed by atoms with Crippen molar-refractivity contribution in [3.8, 4) is 5.75 Å². The number of aldehydes is 1. The highest BCUT2D eigenvalue weighted by atomic mass is 16.7. The molecule has 3 nitrogen and oxygen atoms in total. The predicted octanol–water partition coefficient (Wildman–Crippen LogP) is 2.19. The van der Waals surface area contributed by atoms with Crippen LogP contribution in [0.3, 0.4) is 0 Å². The highest BCUT2D eigenvalue weighted by Gasteiger charge is 2.06. The molecule has 82 valence electrons. The molecule has 0 fully saturated rings. The molecule has 15 heavy (non-hydrogen) atoms. The molecule has 0 amide bonds. The van der Waals surface area contributed by atoms with Crippen molar-refractivity contribution in [1.29, 1.82) is 0 Å². The van der Waals surface area contributed by atoms with E-state index < -0.39 is 0 Å². The van der Waals surface area contributed by atoms with Crippen molar-refractivity contribution in [2.75, 3.05) is 6.61 Å². The van der Waals surface area contributed by atoms with Gasteiger partial charge in [0.05, 0.1) is 0 Å². The van der Waals surface area contributed by atoms with Gasteiger partial charge in [-0.2, -0.15) is 0 Å². The van der Waals surface area contributed by atoms with E-state index in [9.17, 15) is 4.79 Å². The molecule has 0 aliphatic heterocycles. The minimum atomic E-state index is -0.289. The number of hydrogen-bond acceptors (Lipinski definition) is 3. The zero-order chi connectivity index (χ0) is 11.1. The standard InChI is InChI=1S/C12H16O3/c1-3-14-10(2)15-12-7-5-4-6-11(12)8-9-13/h4-7,9-10H,3,8H2,1-2H3. The Bertz CT molecular complexity index is 309. The smallest absolute Gasteiger partial charge is 0.196 e. The van der Waals surface area contributed by atoms with E-state index in [2.05, 4.69) is 0 Å². The second-order valence-electron chi connectivity index (χ2n) is 3.12. The van der Waals surface area contributed by atoms with Crippen molar-refractivity contribution in [2.24, 2.45) is 0 Å². The second-order valence-corrected chi connectivity index (χ2v) is 3.12. The van der Waals surface area contributed by atoms with Crippen molar-refractivity contribution in [1.82, 2.24) is 0 Å². The maximum atomic E-state index is 10.5. The number of para-hydroxylation sites is 1. The lowest BCUT2D eigenvalue weighted by molar-refractivity contribution is -0.107. The number of ether oxygens (including phenoxy) is 2. The lowest BCUT2D eigenvalue weighted by atomic mass is 10.1. The minimum absolute atomic E-state index is 0.289. The van der Waals surface area contributed by atoms with E-state index in [-0.39, 0.29) is 6.29 Å². The van der Waals surface area contributed by atoms with Gasteiger partial charge in [-0.3, -0.25) is 0 Å². The molecular weight excluding hydrogens is 192 g/mol. The number of benzene rings is 1. The monoisotopic (exact) mass is 208 g/mol. The molecule has 0 heterocycles. The predicted molar refractivity (Wildman–Crippen MR) is 57.9 cm³/mol. The summed E-state index contributed by atoms with van der Waals surface area (Å²) in [6, 6.07) is 7.48. The quantitative estimate of drug-likeness (QED) is 0.531. The molecule has 0 saturated heterocycles. The molecule has 1 atom stereocenters. The van der Waals surface area contributed by atoms with Gasteiger partial charge in [-0.1, -0.05) is 18.2 Å². The summed E-state index contributed by atoms with van der Waals surface area (Å²) in [5.41, 5.74) is 0.888. The van der Waals surface area contributed by atoms with E-state index in [4.69, 9.17) is 9.47 Å². The zero-order valence-corrected chi connectivity index (χ0v) is 9.10. The third kappa shape index (κ3) is 3.72. The first kappa shape index (κ1) is 11.7. The molecule has 0 radical (unpaired) electrons. The normalized spacial score (nSPS) is 12.1. The molecule has 0 spiro atoms. The Labute approximate surface area is 90.0 Å². The van der Waals surface area contributed by atoms with Gasteiger partial charge in [-0.05, 0) is 19.9 Å². The van der Waals surface area contributed by atoms with Crippen LogP contribution in [0.1, 0.15) is 19.4 Å². The Kier molecular flexibility index (Phi) is 4.84. The molecule has 1 aromatic carbocycles. The molecule has 1 unspecified atom stereocenters. The maximum Gasteiger partial charge on any atom is 0.196 e. The van der Waals surface area contributed by atoms with Crippen LogP contribution < -0.4 is 4.74 Å². The average Bonchev–Trinajstić information content (AvgIpc) is 2.21. The van der Waals surface area contributed by atoms with Gasteiger partial charge in [0.15, 0.2) is 6.29 Å². The van der Waals surface area contributed by atoms with Gasteiger partial charge < -0.3 is 14.3 Å². The first-order valence-electron chi connectivity index (χ1n) is 5.07. The van der Waals surface area contributed by atoms with E-state index in [1.807, 2.05) is 38.1 Å². The topological polar surface area (TPSA) is 35.5 Å². The van der Waals surface area contributed by atoms with Crippen molar-refractivity contribution in [2.45, 2.75) is 26.6 Å². The van der Waals surface area contributed by atoms with E-state index in [1.54, 1.807) is 0 Å². The fourth-order valence-electron chi connectivity index (χ4n) is 1.32. The fourth-order valence-corrected chi connectivity index (χ4v) is 1.32. The fraction of sp³-hybridized carbons (Fsp3) is 0.417. The highest BCUT2D eigenvalue weighted by molar-refractivity contribution is 5.57. The van der Waals surface area contributed by atoms with Crippen LogP contribution in [-0.4, -0.2) is 19.2 Å². The van der Waals surface area contributed by atoms with E-state index in [0.717, 1.165) is 11.8 Å².